The summed E-state index contributed by atoms with van der Waals surface area (Å²) in [4.78, 5) is 0. The Balaban J connectivity index is 2.46. The van der Waals surface area contributed by atoms with E-state index in [9.17, 15) is 0 Å². The fourth-order valence-corrected chi connectivity index (χ4v) is 1.87. The Kier molecular flexibility index (Phi) is 4.24. The number of hydrogen-bond acceptors (Lipinski definition) is 4. The van der Waals surface area contributed by atoms with Gasteiger partial charge in [0.2, 0.25) is 0 Å². The van der Waals surface area contributed by atoms with Crippen molar-refractivity contribution < 1.29 is 0 Å². The van der Waals surface area contributed by atoms with Gasteiger partial charge in [-0.3, -0.25) is 4.68 Å². The predicted molar refractivity (Wildman–Crippen MR) is 55.9 cm³/mol. The Morgan fingerprint density at radius 2 is 2.46 bits per heavy atom. The van der Waals surface area contributed by atoms with Gasteiger partial charge in [0.25, 0.3) is 0 Å². The summed E-state index contributed by atoms with van der Waals surface area (Å²) in [6, 6.07) is 0.492. The quantitative estimate of drug-likeness (QED) is 0.743. The summed E-state index contributed by atoms with van der Waals surface area (Å²) in [6.07, 6.45) is 5.02. The highest BCUT2D eigenvalue weighted by Crippen LogP contribution is 2.03. The molecule has 0 saturated heterocycles. The monoisotopic (exact) mass is 200 g/mol. The topological polar surface area (TPSA) is 42.7 Å². The summed E-state index contributed by atoms with van der Waals surface area (Å²) in [5.74, 6) is 1.10. The van der Waals surface area contributed by atoms with Crippen molar-refractivity contribution in [1.29, 1.82) is 0 Å². The molecule has 0 bridgehead atoms. The lowest BCUT2D eigenvalue weighted by molar-refractivity contribution is 0.608. The molecule has 0 saturated carbocycles. The van der Waals surface area contributed by atoms with Gasteiger partial charge in [-0.2, -0.15) is 11.8 Å². The molecule has 0 aliphatic rings. The molecule has 5 heteroatoms. The van der Waals surface area contributed by atoms with Gasteiger partial charge in [0.15, 0.2) is 0 Å². The van der Waals surface area contributed by atoms with Crippen LogP contribution in [0.1, 0.15) is 5.69 Å². The number of hydrogen-bond donors (Lipinski definition) is 1. The van der Waals surface area contributed by atoms with Crippen molar-refractivity contribution >= 4 is 11.8 Å². The lowest BCUT2D eigenvalue weighted by Crippen LogP contribution is -2.30. The van der Waals surface area contributed by atoms with Crippen LogP contribution in [-0.2, 0) is 13.5 Å². The highest BCUT2D eigenvalue weighted by atomic mass is 32.2. The Bertz CT molecular complexity index is 248. The van der Waals surface area contributed by atoms with Crippen molar-refractivity contribution in [2.45, 2.75) is 12.5 Å². The van der Waals surface area contributed by atoms with E-state index >= 15 is 0 Å². The van der Waals surface area contributed by atoms with Crippen LogP contribution in [0.4, 0.5) is 0 Å². The molecule has 1 N–H and O–H groups in total. The third-order valence-electron chi connectivity index (χ3n) is 1.88. The summed E-state index contributed by atoms with van der Waals surface area (Å²) in [5, 5.41) is 11.2. The molecule has 4 nitrogen and oxygen atoms in total. The molecule has 0 fully saturated rings. The van der Waals surface area contributed by atoms with Gasteiger partial charge in [0.05, 0.1) is 5.69 Å². The number of nitrogens with zero attached hydrogens (tertiary/aromatic N) is 3. The molecule has 74 valence electrons. The second-order valence-corrected chi connectivity index (χ2v) is 3.94. The molecule has 1 rings (SSSR count). The minimum absolute atomic E-state index is 0.492. The van der Waals surface area contributed by atoms with E-state index in [1.807, 2.05) is 32.1 Å². The second-order valence-electron chi connectivity index (χ2n) is 3.03. The highest BCUT2D eigenvalue weighted by molar-refractivity contribution is 7.98. The molecule has 0 spiro atoms. The fraction of sp³-hybridized carbons (Fsp3) is 0.750. The Labute approximate surface area is 83.1 Å². The molecule has 0 aliphatic heterocycles. The summed E-state index contributed by atoms with van der Waals surface area (Å²) >= 11 is 1.84. The first-order valence-corrected chi connectivity index (χ1v) is 5.67. The van der Waals surface area contributed by atoms with Gasteiger partial charge in [0.1, 0.15) is 0 Å². The van der Waals surface area contributed by atoms with Gasteiger partial charge >= 0.3 is 0 Å². The average molecular weight is 200 g/mol. The second kappa shape index (κ2) is 5.24. The van der Waals surface area contributed by atoms with Gasteiger partial charge in [-0.15, -0.1) is 5.10 Å². The van der Waals surface area contributed by atoms with Crippen molar-refractivity contribution in [2.24, 2.45) is 7.05 Å². The number of aryl methyl sites for hydroxylation is 1. The van der Waals surface area contributed by atoms with Crippen LogP contribution in [0, 0.1) is 0 Å². The molecule has 0 radical (unpaired) electrons. The Morgan fingerprint density at radius 1 is 1.69 bits per heavy atom. The van der Waals surface area contributed by atoms with Gasteiger partial charge in [-0.25, -0.2) is 0 Å². The van der Waals surface area contributed by atoms with Crippen LogP contribution in [0.25, 0.3) is 0 Å². The molecule has 1 aromatic heterocycles. The largest absolute Gasteiger partial charge is 0.316 e. The number of aromatic nitrogens is 3. The molecule has 1 unspecified atom stereocenters. The first kappa shape index (κ1) is 10.5. The SMILES string of the molecule is CNC(CSC)Cc1cn(C)nn1. The minimum atomic E-state index is 0.492. The molecular weight excluding hydrogens is 184 g/mol. The van der Waals surface area contributed by atoms with Crippen LogP contribution in [-0.4, -0.2) is 40.1 Å². The number of thioether (sulfide) groups is 1. The van der Waals surface area contributed by atoms with E-state index in [0.29, 0.717) is 6.04 Å². The molecule has 0 amide bonds. The summed E-state index contributed by atoms with van der Waals surface area (Å²) < 4.78 is 1.74. The van der Waals surface area contributed by atoms with E-state index in [1.165, 1.54) is 0 Å². The van der Waals surface area contributed by atoms with Crippen molar-refractivity contribution in [3.8, 4) is 0 Å². The lowest BCUT2D eigenvalue weighted by Gasteiger charge is -2.12. The summed E-state index contributed by atoms with van der Waals surface area (Å²) in [7, 11) is 3.87. The maximum absolute atomic E-state index is 4.05. The number of rotatable bonds is 5. The zero-order valence-electron chi connectivity index (χ0n) is 8.32. The molecule has 13 heavy (non-hydrogen) atoms. The lowest BCUT2D eigenvalue weighted by atomic mass is 10.2. The highest BCUT2D eigenvalue weighted by Gasteiger charge is 2.08. The van der Waals surface area contributed by atoms with Crippen LogP contribution in [0.15, 0.2) is 6.20 Å². The third-order valence-corrected chi connectivity index (χ3v) is 2.62. The van der Waals surface area contributed by atoms with E-state index < -0.39 is 0 Å². The van der Waals surface area contributed by atoms with Crippen LogP contribution in [0.2, 0.25) is 0 Å². The van der Waals surface area contributed by atoms with Crippen LogP contribution in [0.5, 0.6) is 0 Å². The van der Waals surface area contributed by atoms with E-state index in [-0.39, 0.29) is 0 Å². The van der Waals surface area contributed by atoms with Crippen molar-refractivity contribution in [1.82, 2.24) is 20.3 Å². The first-order chi connectivity index (χ1) is 6.26. The van der Waals surface area contributed by atoms with E-state index in [4.69, 9.17) is 0 Å². The van der Waals surface area contributed by atoms with Gasteiger partial charge in [-0.1, -0.05) is 5.21 Å². The van der Waals surface area contributed by atoms with Crippen molar-refractivity contribution in [2.75, 3.05) is 19.1 Å². The van der Waals surface area contributed by atoms with Gasteiger partial charge < -0.3 is 5.32 Å². The molecule has 0 aromatic carbocycles. The minimum Gasteiger partial charge on any atom is -0.316 e. The molecule has 1 atom stereocenters. The molecule has 1 aromatic rings. The smallest absolute Gasteiger partial charge is 0.0842 e. The maximum Gasteiger partial charge on any atom is 0.0842 e. The predicted octanol–water partition coefficient (Wildman–Crippen LogP) is 0.309. The summed E-state index contributed by atoms with van der Waals surface area (Å²) in [6.45, 7) is 0. The van der Waals surface area contributed by atoms with Crippen LogP contribution in [0.3, 0.4) is 0 Å². The van der Waals surface area contributed by atoms with E-state index in [1.54, 1.807) is 4.68 Å². The Morgan fingerprint density at radius 3 is 2.92 bits per heavy atom. The van der Waals surface area contributed by atoms with Gasteiger partial charge in [0, 0.05) is 31.5 Å². The molecular formula is C8H16N4S. The molecule has 1 heterocycles. The van der Waals surface area contributed by atoms with E-state index in [0.717, 1.165) is 17.9 Å². The zero-order chi connectivity index (χ0) is 9.68. The van der Waals surface area contributed by atoms with Crippen LogP contribution < -0.4 is 5.32 Å². The van der Waals surface area contributed by atoms with E-state index in [2.05, 4.69) is 21.9 Å². The number of likely N-dealkylation sites (N-methyl/N-ethyl adjacent to an activating group) is 1. The normalized spacial score (nSPS) is 13.2. The van der Waals surface area contributed by atoms with Crippen molar-refractivity contribution in [3.63, 3.8) is 0 Å². The number of nitrogens with one attached hydrogen (secondary N) is 1. The van der Waals surface area contributed by atoms with Gasteiger partial charge in [-0.05, 0) is 13.3 Å². The summed E-state index contributed by atoms with van der Waals surface area (Å²) in [5.41, 5.74) is 1.05. The zero-order valence-corrected chi connectivity index (χ0v) is 9.14. The average Bonchev–Trinajstić information content (AvgIpc) is 2.50. The third kappa shape index (κ3) is 3.36. The first-order valence-electron chi connectivity index (χ1n) is 4.27. The molecule has 0 aliphatic carbocycles. The van der Waals surface area contributed by atoms with Crippen molar-refractivity contribution in [3.05, 3.63) is 11.9 Å². The standard InChI is InChI=1S/C8H16N4S/c1-9-8(6-13-3)4-7-5-12(2)11-10-7/h5,8-9H,4,6H2,1-3H3. The fourth-order valence-electron chi connectivity index (χ4n) is 1.19. The Hall–Kier alpha value is -0.550. The maximum atomic E-state index is 4.05. The van der Waals surface area contributed by atoms with Crippen LogP contribution >= 0.6 is 11.8 Å².